The van der Waals surface area contributed by atoms with Gasteiger partial charge < -0.3 is 9.64 Å². The highest BCUT2D eigenvalue weighted by Crippen LogP contribution is 2.18. The molecule has 0 radical (unpaired) electrons. The van der Waals surface area contributed by atoms with Crippen molar-refractivity contribution in [3.8, 4) is 0 Å². The molecule has 1 saturated heterocycles. The fourth-order valence-corrected chi connectivity index (χ4v) is 3.59. The lowest BCUT2D eigenvalue weighted by molar-refractivity contribution is 0.0502. The molecular weight excluding hydrogens is 390 g/mol. The summed E-state index contributed by atoms with van der Waals surface area (Å²) < 4.78 is 7.37. The van der Waals surface area contributed by atoms with E-state index >= 15 is 0 Å². The minimum atomic E-state index is -0.164. The highest BCUT2D eigenvalue weighted by molar-refractivity contribution is 6.31. The zero-order valence-electron chi connectivity index (χ0n) is 15.9. The van der Waals surface area contributed by atoms with E-state index in [1.165, 1.54) is 0 Å². The number of halogens is 1. The number of carbonyl (C=O) groups excluding carboxylic acids is 1. The summed E-state index contributed by atoms with van der Waals surface area (Å²) in [6, 6.07) is 11.4. The summed E-state index contributed by atoms with van der Waals surface area (Å²) in [6.45, 7) is 2.20. The zero-order valence-corrected chi connectivity index (χ0v) is 16.7. The van der Waals surface area contributed by atoms with Gasteiger partial charge in [0, 0.05) is 37.1 Å². The van der Waals surface area contributed by atoms with E-state index in [1.807, 2.05) is 36.4 Å². The summed E-state index contributed by atoms with van der Waals surface area (Å²) in [5.74, 6) is -0.164. The van der Waals surface area contributed by atoms with Gasteiger partial charge in [-0.1, -0.05) is 35.0 Å². The lowest BCUT2D eigenvalue weighted by atomic mass is 10.2. The van der Waals surface area contributed by atoms with Gasteiger partial charge in [0.15, 0.2) is 5.69 Å². The van der Waals surface area contributed by atoms with Crippen LogP contribution in [0.3, 0.4) is 0 Å². The first kappa shape index (κ1) is 19.5. The summed E-state index contributed by atoms with van der Waals surface area (Å²) >= 11 is 6.22. The summed E-state index contributed by atoms with van der Waals surface area (Å²) in [4.78, 5) is 19.0. The van der Waals surface area contributed by atoms with Gasteiger partial charge in [0.2, 0.25) is 0 Å². The molecule has 1 atom stereocenters. The van der Waals surface area contributed by atoms with Gasteiger partial charge in [0.25, 0.3) is 5.91 Å². The fourth-order valence-electron chi connectivity index (χ4n) is 3.40. The molecule has 3 heterocycles. The summed E-state index contributed by atoms with van der Waals surface area (Å²) in [5.41, 5.74) is 2.24. The van der Waals surface area contributed by atoms with Crippen LogP contribution < -0.4 is 0 Å². The molecule has 1 amide bonds. The third-order valence-corrected chi connectivity index (χ3v) is 5.27. The van der Waals surface area contributed by atoms with Crippen LogP contribution in [0.2, 0.25) is 5.02 Å². The predicted molar refractivity (Wildman–Crippen MR) is 109 cm³/mol. The minimum Gasteiger partial charge on any atom is -0.376 e. The molecule has 7 nitrogen and oxygen atoms in total. The lowest BCUT2D eigenvalue weighted by Crippen LogP contribution is -2.37. The Morgan fingerprint density at radius 3 is 2.83 bits per heavy atom. The van der Waals surface area contributed by atoms with Gasteiger partial charge in [-0.2, -0.15) is 0 Å². The number of amides is 1. The first-order valence-electron chi connectivity index (χ1n) is 9.62. The largest absolute Gasteiger partial charge is 0.376 e. The Kier molecular flexibility index (Phi) is 6.17. The molecule has 150 valence electrons. The number of ether oxygens (including phenoxy) is 1. The summed E-state index contributed by atoms with van der Waals surface area (Å²) in [7, 11) is 0. The van der Waals surface area contributed by atoms with Crippen LogP contribution in [0.1, 0.15) is 34.5 Å². The molecule has 0 N–H and O–H groups in total. The van der Waals surface area contributed by atoms with Gasteiger partial charge in [-0.3, -0.25) is 9.78 Å². The number of aromatic nitrogens is 4. The van der Waals surface area contributed by atoms with Gasteiger partial charge in [0.1, 0.15) is 0 Å². The van der Waals surface area contributed by atoms with Crippen LogP contribution in [0.4, 0.5) is 0 Å². The maximum absolute atomic E-state index is 13.2. The van der Waals surface area contributed by atoms with E-state index in [-0.39, 0.29) is 12.0 Å². The van der Waals surface area contributed by atoms with Crippen molar-refractivity contribution < 1.29 is 9.53 Å². The SMILES string of the molecule is O=C(c1cn(Cc2ccccc2Cl)nn1)N(Cc1ccncc1)C[C@H]1CCCO1. The molecular formula is C21H22ClN5O2. The Hall–Kier alpha value is -2.77. The molecule has 8 heteroatoms. The Balaban J connectivity index is 1.50. The van der Waals surface area contributed by atoms with Gasteiger partial charge in [-0.15, -0.1) is 5.10 Å². The molecule has 1 aliphatic rings. The van der Waals surface area contributed by atoms with Crippen LogP contribution in [-0.4, -0.2) is 50.0 Å². The predicted octanol–water partition coefficient (Wildman–Crippen LogP) is 3.20. The minimum absolute atomic E-state index is 0.0546. The van der Waals surface area contributed by atoms with Crippen molar-refractivity contribution in [1.29, 1.82) is 0 Å². The summed E-state index contributed by atoms with van der Waals surface area (Å²) in [5, 5.41) is 8.88. The van der Waals surface area contributed by atoms with Crippen molar-refractivity contribution >= 4 is 17.5 Å². The molecule has 1 fully saturated rings. The number of rotatable bonds is 7. The maximum atomic E-state index is 13.2. The van der Waals surface area contributed by atoms with Gasteiger partial charge >= 0.3 is 0 Å². The Bertz CT molecular complexity index is 956. The monoisotopic (exact) mass is 411 g/mol. The van der Waals surface area contributed by atoms with Crippen LogP contribution in [0.25, 0.3) is 0 Å². The van der Waals surface area contributed by atoms with Gasteiger partial charge in [0.05, 0.1) is 18.8 Å². The van der Waals surface area contributed by atoms with Crippen LogP contribution in [0, 0.1) is 0 Å². The molecule has 2 aromatic heterocycles. The molecule has 3 aromatic rings. The molecule has 0 aliphatic carbocycles. The molecule has 0 unspecified atom stereocenters. The summed E-state index contributed by atoms with van der Waals surface area (Å²) in [6.07, 6.45) is 7.16. The maximum Gasteiger partial charge on any atom is 0.276 e. The highest BCUT2D eigenvalue weighted by Gasteiger charge is 2.25. The van der Waals surface area contributed by atoms with Crippen molar-refractivity contribution in [2.24, 2.45) is 0 Å². The van der Waals surface area contributed by atoms with Gasteiger partial charge in [-0.05, 0) is 42.2 Å². The Labute approximate surface area is 174 Å². The van der Waals surface area contributed by atoms with Crippen molar-refractivity contribution in [2.45, 2.75) is 32.0 Å². The van der Waals surface area contributed by atoms with Crippen molar-refractivity contribution in [1.82, 2.24) is 24.9 Å². The average Bonchev–Trinajstić information content (AvgIpc) is 3.42. The van der Waals surface area contributed by atoms with E-state index in [9.17, 15) is 4.79 Å². The molecule has 29 heavy (non-hydrogen) atoms. The van der Waals surface area contributed by atoms with Crippen molar-refractivity contribution in [3.63, 3.8) is 0 Å². The molecule has 0 saturated carbocycles. The van der Waals surface area contributed by atoms with E-state index in [0.717, 1.165) is 30.6 Å². The van der Waals surface area contributed by atoms with Crippen molar-refractivity contribution in [2.75, 3.05) is 13.2 Å². The first-order valence-corrected chi connectivity index (χ1v) is 10.00. The molecule has 4 rings (SSSR count). The number of hydrogen-bond acceptors (Lipinski definition) is 5. The zero-order chi connectivity index (χ0) is 20.1. The topological polar surface area (TPSA) is 73.1 Å². The highest BCUT2D eigenvalue weighted by atomic mass is 35.5. The van der Waals surface area contributed by atoms with E-state index in [2.05, 4.69) is 15.3 Å². The molecule has 1 aromatic carbocycles. The smallest absolute Gasteiger partial charge is 0.276 e. The number of carbonyl (C=O) groups is 1. The standard InChI is InChI=1S/C21H22ClN5O2/c22-19-6-2-1-4-17(19)13-27-15-20(24-25-27)21(28)26(14-18-5-3-11-29-18)12-16-7-9-23-10-8-16/h1-2,4,6-10,15,18H,3,5,11-14H2/t18-/m1/s1. The van der Waals surface area contributed by atoms with E-state index in [0.29, 0.717) is 30.4 Å². The Morgan fingerprint density at radius 2 is 2.07 bits per heavy atom. The Morgan fingerprint density at radius 1 is 1.24 bits per heavy atom. The third kappa shape index (κ3) is 4.99. The average molecular weight is 412 g/mol. The number of benzene rings is 1. The number of hydrogen-bond donors (Lipinski definition) is 0. The third-order valence-electron chi connectivity index (χ3n) is 4.91. The second kappa shape index (κ2) is 9.15. The second-order valence-electron chi connectivity index (χ2n) is 7.07. The second-order valence-corrected chi connectivity index (χ2v) is 7.48. The van der Waals surface area contributed by atoms with E-state index in [4.69, 9.17) is 16.3 Å². The van der Waals surface area contributed by atoms with E-state index < -0.39 is 0 Å². The number of nitrogens with zero attached hydrogens (tertiary/aromatic N) is 5. The normalized spacial score (nSPS) is 16.1. The fraction of sp³-hybridized carbons (Fsp3) is 0.333. The molecule has 0 bridgehead atoms. The van der Waals surface area contributed by atoms with Crippen LogP contribution >= 0.6 is 11.6 Å². The lowest BCUT2D eigenvalue weighted by Gasteiger charge is -2.24. The van der Waals surface area contributed by atoms with Gasteiger partial charge in [-0.25, -0.2) is 4.68 Å². The quantitative estimate of drug-likeness (QED) is 0.597. The first-order chi connectivity index (χ1) is 14.2. The molecule has 1 aliphatic heterocycles. The number of pyridine rings is 1. The van der Waals surface area contributed by atoms with Crippen LogP contribution in [0.15, 0.2) is 55.0 Å². The van der Waals surface area contributed by atoms with E-state index in [1.54, 1.807) is 28.2 Å². The van der Waals surface area contributed by atoms with Crippen LogP contribution in [-0.2, 0) is 17.8 Å². The molecule has 0 spiro atoms. The van der Waals surface area contributed by atoms with Crippen molar-refractivity contribution in [3.05, 3.63) is 76.8 Å². The van der Waals surface area contributed by atoms with Crippen LogP contribution in [0.5, 0.6) is 0 Å².